The Bertz CT molecular complexity index is 505. The van der Waals surface area contributed by atoms with Crippen LogP contribution in [0.3, 0.4) is 0 Å². The zero-order valence-electron chi connectivity index (χ0n) is 12.2. The molecule has 0 heterocycles. The maximum Gasteiger partial charge on any atom is 0.326 e. The Balaban J connectivity index is 2.73. The van der Waals surface area contributed by atoms with Crippen molar-refractivity contribution < 1.29 is 19.1 Å². The number of carboxylic acid groups (broad SMARTS) is 1. The number of amides is 1. The van der Waals surface area contributed by atoms with E-state index in [0.717, 1.165) is 0 Å². The number of hydrogen-bond acceptors (Lipinski definition) is 3. The number of nitrogens with two attached hydrogens (primary N) is 1. The second kappa shape index (κ2) is 7.73. The summed E-state index contributed by atoms with van der Waals surface area (Å²) < 4.78 is 13.6. The van der Waals surface area contributed by atoms with Gasteiger partial charge in [-0.25, -0.2) is 9.18 Å². The number of halogens is 1. The summed E-state index contributed by atoms with van der Waals surface area (Å²) in [5, 5.41) is 11.5. The molecule has 1 unspecified atom stereocenters. The summed E-state index contributed by atoms with van der Waals surface area (Å²) in [7, 11) is 0. The average molecular weight is 296 g/mol. The van der Waals surface area contributed by atoms with Gasteiger partial charge in [-0.05, 0) is 24.0 Å². The maximum atomic E-state index is 13.6. The Labute approximate surface area is 123 Å². The first kappa shape index (κ1) is 17.1. The zero-order valence-corrected chi connectivity index (χ0v) is 12.2. The predicted molar refractivity (Wildman–Crippen MR) is 77.1 cm³/mol. The summed E-state index contributed by atoms with van der Waals surface area (Å²) in [6.45, 7) is 3.84. The second-order valence-electron chi connectivity index (χ2n) is 5.43. The Hall–Kier alpha value is -1.95. The summed E-state index contributed by atoms with van der Waals surface area (Å²) in [6, 6.07) is 3.90. The molecule has 0 aliphatic heterocycles. The van der Waals surface area contributed by atoms with Crippen molar-refractivity contribution in [3.8, 4) is 0 Å². The van der Waals surface area contributed by atoms with Crippen LogP contribution in [-0.2, 0) is 16.0 Å². The van der Waals surface area contributed by atoms with Gasteiger partial charge in [-0.1, -0.05) is 32.0 Å². The summed E-state index contributed by atoms with van der Waals surface area (Å²) in [6.07, 6.45) is 0.333. The fraction of sp³-hybridized carbons (Fsp3) is 0.467. The molecule has 1 rings (SSSR count). The molecule has 1 amide bonds. The van der Waals surface area contributed by atoms with Gasteiger partial charge in [0.1, 0.15) is 11.9 Å². The van der Waals surface area contributed by atoms with Crippen LogP contribution in [0.1, 0.15) is 25.8 Å². The van der Waals surface area contributed by atoms with E-state index in [2.05, 4.69) is 5.32 Å². The van der Waals surface area contributed by atoms with Crippen molar-refractivity contribution in [2.45, 2.75) is 38.8 Å². The van der Waals surface area contributed by atoms with Crippen molar-refractivity contribution >= 4 is 11.9 Å². The van der Waals surface area contributed by atoms with Crippen LogP contribution in [0.5, 0.6) is 0 Å². The van der Waals surface area contributed by atoms with Crippen LogP contribution >= 0.6 is 0 Å². The molecule has 1 aromatic carbocycles. The molecule has 1 aromatic rings. The third kappa shape index (κ3) is 5.51. The predicted octanol–water partition coefficient (Wildman–Crippen LogP) is 1.31. The highest BCUT2D eigenvalue weighted by atomic mass is 19.1. The molecule has 6 heteroatoms. The minimum atomic E-state index is -1.22. The van der Waals surface area contributed by atoms with Crippen molar-refractivity contribution in [1.29, 1.82) is 0 Å². The Morgan fingerprint density at radius 3 is 2.48 bits per heavy atom. The second-order valence-corrected chi connectivity index (χ2v) is 5.43. The number of carbonyl (C=O) groups excluding carboxylic acids is 1. The Morgan fingerprint density at radius 1 is 1.33 bits per heavy atom. The van der Waals surface area contributed by atoms with E-state index in [-0.39, 0.29) is 17.9 Å². The summed E-state index contributed by atoms with van der Waals surface area (Å²) in [5.74, 6) is -2.03. The standard InChI is InChI=1S/C15H21FN2O3/c1-9(2)7-12(17)14(19)18-13(15(20)21)8-10-5-3-4-6-11(10)16/h3-6,9,12-13H,7-8,17H2,1-2H3,(H,18,19)(H,20,21)/t12?,13-/m0/s1. The molecule has 116 valence electrons. The van der Waals surface area contributed by atoms with Crippen LogP contribution in [0.4, 0.5) is 4.39 Å². The van der Waals surface area contributed by atoms with Gasteiger partial charge in [0.25, 0.3) is 0 Å². The van der Waals surface area contributed by atoms with Gasteiger partial charge in [-0.3, -0.25) is 4.79 Å². The first-order valence-electron chi connectivity index (χ1n) is 6.83. The smallest absolute Gasteiger partial charge is 0.326 e. The van der Waals surface area contributed by atoms with E-state index in [0.29, 0.717) is 6.42 Å². The molecule has 0 aliphatic rings. The molecule has 2 atom stereocenters. The molecular weight excluding hydrogens is 275 g/mol. The monoisotopic (exact) mass is 296 g/mol. The first-order chi connectivity index (χ1) is 9.81. The van der Waals surface area contributed by atoms with Crippen molar-refractivity contribution in [2.24, 2.45) is 11.7 Å². The lowest BCUT2D eigenvalue weighted by molar-refractivity contribution is -0.142. The van der Waals surface area contributed by atoms with Crippen LogP contribution in [-0.4, -0.2) is 29.1 Å². The topological polar surface area (TPSA) is 92.4 Å². The highest BCUT2D eigenvalue weighted by Crippen LogP contribution is 2.10. The van der Waals surface area contributed by atoms with Crippen molar-refractivity contribution in [1.82, 2.24) is 5.32 Å². The fourth-order valence-corrected chi connectivity index (χ4v) is 1.98. The van der Waals surface area contributed by atoms with Gasteiger partial charge in [0.05, 0.1) is 6.04 Å². The largest absolute Gasteiger partial charge is 0.480 e. The minimum absolute atomic E-state index is 0.123. The van der Waals surface area contributed by atoms with E-state index >= 15 is 0 Å². The minimum Gasteiger partial charge on any atom is -0.480 e. The lowest BCUT2D eigenvalue weighted by atomic mass is 10.0. The van der Waals surface area contributed by atoms with Crippen LogP contribution in [0.2, 0.25) is 0 Å². The highest BCUT2D eigenvalue weighted by molar-refractivity contribution is 5.86. The van der Waals surface area contributed by atoms with Gasteiger partial charge in [-0.2, -0.15) is 0 Å². The third-order valence-electron chi connectivity index (χ3n) is 3.06. The first-order valence-corrected chi connectivity index (χ1v) is 6.83. The van der Waals surface area contributed by atoms with Crippen LogP contribution < -0.4 is 11.1 Å². The van der Waals surface area contributed by atoms with Crippen molar-refractivity contribution in [3.63, 3.8) is 0 Å². The molecule has 0 bridgehead atoms. The highest BCUT2D eigenvalue weighted by Gasteiger charge is 2.24. The molecule has 4 N–H and O–H groups in total. The molecule has 0 saturated heterocycles. The molecule has 0 saturated carbocycles. The molecule has 0 radical (unpaired) electrons. The van der Waals surface area contributed by atoms with E-state index in [1.807, 2.05) is 13.8 Å². The van der Waals surface area contributed by atoms with Crippen LogP contribution in [0, 0.1) is 11.7 Å². The molecule has 21 heavy (non-hydrogen) atoms. The van der Waals surface area contributed by atoms with Crippen LogP contribution in [0.15, 0.2) is 24.3 Å². The zero-order chi connectivity index (χ0) is 16.0. The Morgan fingerprint density at radius 2 is 1.95 bits per heavy atom. The Kier molecular flexibility index (Phi) is 6.30. The van der Waals surface area contributed by atoms with E-state index in [9.17, 15) is 14.0 Å². The van der Waals surface area contributed by atoms with Gasteiger partial charge in [-0.15, -0.1) is 0 Å². The van der Waals surface area contributed by atoms with Gasteiger partial charge >= 0.3 is 5.97 Å². The van der Waals surface area contributed by atoms with Gasteiger partial charge < -0.3 is 16.2 Å². The molecule has 0 fully saturated rings. The molecule has 0 spiro atoms. The van der Waals surface area contributed by atoms with E-state index in [1.54, 1.807) is 6.07 Å². The van der Waals surface area contributed by atoms with Gasteiger partial charge in [0.15, 0.2) is 0 Å². The molecule has 0 aromatic heterocycles. The number of benzene rings is 1. The van der Waals surface area contributed by atoms with E-state index in [1.165, 1.54) is 18.2 Å². The van der Waals surface area contributed by atoms with Gasteiger partial charge in [0.2, 0.25) is 5.91 Å². The summed E-state index contributed by atoms with van der Waals surface area (Å²) >= 11 is 0. The maximum absolute atomic E-state index is 13.6. The van der Waals surface area contributed by atoms with Crippen molar-refractivity contribution in [2.75, 3.05) is 0 Å². The quantitative estimate of drug-likeness (QED) is 0.707. The van der Waals surface area contributed by atoms with Crippen molar-refractivity contribution in [3.05, 3.63) is 35.6 Å². The number of aliphatic carboxylic acids is 1. The van der Waals surface area contributed by atoms with Crippen LogP contribution in [0.25, 0.3) is 0 Å². The molecule has 5 nitrogen and oxygen atoms in total. The number of hydrogen-bond donors (Lipinski definition) is 3. The number of rotatable bonds is 7. The molecular formula is C15H21FN2O3. The third-order valence-corrected chi connectivity index (χ3v) is 3.06. The number of carbonyl (C=O) groups is 2. The lowest BCUT2D eigenvalue weighted by Gasteiger charge is -2.19. The summed E-state index contributed by atoms with van der Waals surface area (Å²) in [5.41, 5.74) is 5.95. The number of carboxylic acids is 1. The van der Waals surface area contributed by atoms with E-state index < -0.39 is 29.8 Å². The fourth-order valence-electron chi connectivity index (χ4n) is 1.98. The summed E-state index contributed by atoms with van der Waals surface area (Å²) in [4.78, 5) is 23.1. The molecule has 0 aliphatic carbocycles. The number of nitrogens with one attached hydrogen (secondary N) is 1. The van der Waals surface area contributed by atoms with Gasteiger partial charge in [0, 0.05) is 6.42 Å². The normalized spacial score (nSPS) is 13.8. The lowest BCUT2D eigenvalue weighted by Crippen LogP contribution is -2.49. The average Bonchev–Trinajstić information content (AvgIpc) is 2.39. The SMILES string of the molecule is CC(C)CC(N)C(=O)N[C@@H](Cc1ccccc1F)C(=O)O. The van der Waals surface area contributed by atoms with E-state index in [4.69, 9.17) is 10.8 Å².